The molecule has 4 unspecified atom stereocenters. The molecule has 3 aliphatic rings. The Hall–Kier alpha value is -3.66. The number of hydrogen-bond acceptors (Lipinski definition) is 4. The van der Waals surface area contributed by atoms with Crippen molar-refractivity contribution < 1.29 is 19.1 Å². The Labute approximate surface area is 184 Å². The molecule has 4 atom stereocenters. The summed E-state index contributed by atoms with van der Waals surface area (Å²) < 4.78 is 10.9. The van der Waals surface area contributed by atoms with Gasteiger partial charge in [-0.1, -0.05) is 72.8 Å². The highest BCUT2D eigenvalue weighted by Crippen LogP contribution is 2.90. The van der Waals surface area contributed by atoms with Crippen molar-refractivity contribution in [3.05, 3.63) is 95.1 Å². The number of methoxy groups -OCH3 is 2. The first-order valence-electron chi connectivity index (χ1n) is 10.8. The zero-order valence-electron chi connectivity index (χ0n) is 17.7. The normalized spacial score (nSPS) is 28.2. The maximum atomic E-state index is 13.7. The first kappa shape index (κ1) is 18.0. The molecule has 0 spiro atoms. The Morgan fingerprint density at radius 2 is 1.31 bits per heavy atom. The van der Waals surface area contributed by atoms with Gasteiger partial charge in [-0.05, 0) is 43.8 Å². The molecule has 4 aromatic carbocycles. The van der Waals surface area contributed by atoms with E-state index in [1.165, 1.54) is 14.2 Å². The minimum absolute atomic E-state index is 0.238. The molecule has 0 bridgehead atoms. The van der Waals surface area contributed by atoms with Crippen molar-refractivity contribution in [2.45, 2.75) is 17.3 Å². The molecule has 1 saturated carbocycles. The maximum Gasteiger partial charge on any atom is 0.318 e. The molecule has 0 aliphatic heterocycles. The van der Waals surface area contributed by atoms with Crippen LogP contribution in [0.4, 0.5) is 0 Å². The van der Waals surface area contributed by atoms with E-state index in [-0.39, 0.29) is 23.8 Å². The minimum Gasteiger partial charge on any atom is -0.469 e. The smallest absolute Gasteiger partial charge is 0.318 e. The van der Waals surface area contributed by atoms with Gasteiger partial charge in [0.05, 0.1) is 14.2 Å². The van der Waals surface area contributed by atoms with Gasteiger partial charge in [0.25, 0.3) is 0 Å². The Balaban J connectivity index is 1.68. The van der Waals surface area contributed by atoms with E-state index in [0.717, 1.165) is 43.8 Å². The van der Waals surface area contributed by atoms with Crippen molar-refractivity contribution in [3.63, 3.8) is 0 Å². The van der Waals surface area contributed by atoms with E-state index in [4.69, 9.17) is 9.47 Å². The van der Waals surface area contributed by atoms with Gasteiger partial charge < -0.3 is 9.47 Å². The fraction of sp³-hybridized carbons (Fsp3) is 0.214. The second kappa shape index (κ2) is 5.57. The molecule has 0 radical (unpaired) electrons. The second-order valence-electron chi connectivity index (χ2n) is 9.07. The van der Waals surface area contributed by atoms with Gasteiger partial charge in [0.15, 0.2) is 0 Å². The van der Waals surface area contributed by atoms with Crippen LogP contribution in [-0.2, 0) is 24.5 Å². The fourth-order valence-corrected chi connectivity index (χ4v) is 7.32. The van der Waals surface area contributed by atoms with E-state index in [1.54, 1.807) is 0 Å². The highest BCUT2D eigenvalue weighted by atomic mass is 16.5. The molecule has 0 heterocycles. The van der Waals surface area contributed by atoms with Gasteiger partial charge in [0.1, 0.15) is 10.8 Å². The Morgan fingerprint density at radius 3 is 2.00 bits per heavy atom. The van der Waals surface area contributed by atoms with E-state index in [2.05, 4.69) is 36.4 Å². The number of fused-ring (bicyclic) bond motifs is 11. The summed E-state index contributed by atoms with van der Waals surface area (Å²) in [6.45, 7) is 0. The van der Waals surface area contributed by atoms with Gasteiger partial charge in [0.2, 0.25) is 0 Å². The van der Waals surface area contributed by atoms with Crippen LogP contribution in [0.5, 0.6) is 0 Å². The summed E-state index contributed by atoms with van der Waals surface area (Å²) in [4.78, 5) is 27.4. The summed E-state index contributed by atoms with van der Waals surface area (Å²) >= 11 is 0. The van der Waals surface area contributed by atoms with Crippen molar-refractivity contribution >= 4 is 33.5 Å². The Morgan fingerprint density at radius 1 is 0.719 bits per heavy atom. The van der Waals surface area contributed by atoms with Crippen LogP contribution in [0, 0.1) is 5.41 Å². The molecule has 4 aromatic rings. The van der Waals surface area contributed by atoms with E-state index < -0.39 is 10.8 Å². The number of carbonyl (C=O) groups excluding carboxylic acids is 2. The van der Waals surface area contributed by atoms with E-state index in [9.17, 15) is 9.59 Å². The molecule has 4 nitrogen and oxygen atoms in total. The fourth-order valence-electron chi connectivity index (χ4n) is 7.32. The second-order valence-corrected chi connectivity index (χ2v) is 9.07. The lowest BCUT2D eigenvalue weighted by Crippen LogP contribution is -2.34. The standard InChI is InChI=1S/C28H20O4/c1-31-25(29)27-22-18-10-6-4-8-16(18)12-14-20(22)23-19-13-11-15-7-3-5-9-17(15)21(19)24(27)28(23,27)26(30)32-2/h3-14,23-24H,1-2H3. The first-order chi connectivity index (χ1) is 15.6. The average Bonchev–Trinajstić information content (AvgIpc) is 3.24. The summed E-state index contributed by atoms with van der Waals surface area (Å²) in [5, 5.41) is 4.25. The SMILES string of the molecule is COC(=O)C12c3c(ccc4ccccc34)C3c4ccc5ccccc5c4C1C32C(=O)OC. The van der Waals surface area contributed by atoms with Crippen molar-refractivity contribution in [2.75, 3.05) is 14.2 Å². The summed E-state index contributed by atoms with van der Waals surface area (Å²) in [7, 11) is 2.83. The van der Waals surface area contributed by atoms with Crippen LogP contribution in [0.25, 0.3) is 21.5 Å². The van der Waals surface area contributed by atoms with Crippen molar-refractivity contribution in [1.82, 2.24) is 0 Å². The number of carbonyl (C=O) groups is 2. The van der Waals surface area contributed by atoms with Gasteiger partial charge in [-0.15, -0.1) is 0 Å². The van der Waals surface area contributed by atoms with Crippen LogP contribution >= 0.6 is 0 Å². The van der Waals surface area contributed by atoms with Gasteiger partial charge >= 0.3 is 11.9 Å². The van der Waals surface area contributed by atoms with Crippen LogP contribution in [0.1, 0.15) is 34.1 Å². The number of esters is 2. The van der Waals surface area contributed by atoms with Crippen LogP contribution in [0.15, 0.2) is 72.8 Å². The molecular formula is C28H20O4. The zero-order chi connectivity index (χ0) is 21.8. The van der Waals surface area contributed by atoms with Crippen LogP contribution < -0.4 is 0 Å². The highest BCUT2D eigenvalue weighted by molar-refractivity contribution is 6.13. The van der Waals surface area contributed by atoms with Crippen molar-refractivity contribution in [1.29, 1.82) is 0 Å². The molecule has 32 heavy (non-hydrogen) atoms. The lowest BCUT2D eigenvalue weighted by Gasteiger charge is -2.22. The molecule has 0 saturated heterocycles. The van der Waals surface area contributed by atoms with Gasteiger partial charge in [-0.2, -0.15) is 0 Å². The minimum atomic E-state index is -1.08. The number of hydrogen-bond donors (Lipinski definition) is 0. The quantitative estimate of drug-likeness (QED) is 0.437. The number of rotatable bonds is 2. The molecule has 156 valence electrons. The van der Waals surface area contributed by atoms with Gasteiger partial charge in [-0.25, -0.2) is 0 Å². The lowest BCUT2D eigenvalue weighted by atomic mass is 9.81. The van der Waals surface area contributed by atoms with Crippen molar-refractivity contribution in [2.24, 2.45) is 5.41 Å². The van der Waals surface area contributed by atoms with Crippen LogP contribution in [0.3, 0.4) is 0 Å². The van der Waals surface area contributed by atoms with Crippen LogP contribution in [-0.4, -0.2) is 26.2 Å². The molecule has 1 fully saturated rings. The third-order valence-electron chi connectivity index (χ3n) is 8.21. The number of ether oxygens (including phenoxy) is 2. The molecular weight excluding hydrogens is 400 g/mol. The van der Waals surface area contributed by atoms with E-state index in [0.29, 0.717) is 0 Å². The van der Waals surface area contributed by atoms with Gasteiger partial charge in [0, 0.05) is 11.8 Å². The molecule has 7 rings (SSSR count). The number of benzene rings is 4. The predicted molar refractivity (Wildman–Crippen MR) is 121 cm³/mol. The topological polar surface area (TPSA) is 52.6 Å². The molecule has 3 aliphatic carbocycles. The lowest BCUT2D eigenvalue weighted by molar-refractivity contribution is -0.154. The Kier molecular flexibility index (Phi) is 3.13. The summed E-state index contributed by atoms with van der Waals surface area (Å²) in [6, 6.07) is 24.7. The van der Waals surface area contributed by atoms with E-state index >= 15 is 0 Å². The third-order valence-corrected chi connectivity index (χ3v) is 8.21. The molecule has 0 N–H and O–H groups in total. The van der Waals surface area contributed by atoms with Crippen molar-refractivity contribution in [3.8, 4) is 0 Å². The first-order valence-corrected chi connectivity index (χ1v) is 10.8. The average molecular weight is 420 g/mol. The third kappa shape index (κ3) is 1.58. The van der Waals surface area contributed by atoms with Gasteiger partial charge in [-0.3, -0.25) is 9.59 Å². The molecule has 0 amide bonds. The summed E-state index contributed by atoms with van der Waals surface area (Å²) in [5.41, 5.74) is 2.09. The largest absolute Gasteiger partial charge is 0.469 e. The van der Waals surface area contributed by atoms with E-state index in [1.807, 2.05) is 36.4 Å². The van der Waals surface area contributed by atoms with Crippen LogP contribution in [0.2, 0.25) is 0 Å². The predicted octanol–water partition coefficient (Wildman–Crippen LogP) is 4.82. The molecule has 0 aromatic heterocycles. The zero-order valence-corrected chi connectivity index (χ0v) is 17.7. The maximum absolute atomic E-state index is 13.7. The summed E-state index contributed by atoms with van der Waals surface area (Å²) in [5.74, 6) is -1.23. The monoisotopic (exact) mass is 420 g/mol. The summed E-state index contributed by atoms with van der Waals surface area (Å²) in [6.07, 6.45) is 0. The Bertz CT molecular complexity index is 1520. The molecule has 4 heteroatoms. The highest BCUT2D eigenvalue weighted by Gasteiger charge is 2.95.